The lowest BCUT2D eigenvalue weighted by molar-refractivity contribution is 0.0506. The van der Waals surface area contributed by atoms with Crippen molar-refractivity contribution in [2.24, 2.45) is 0 Å². The van der Waals surface area contributed by atoms with Crippen molar-refractivity contribution in [2.75, 3.05) is 18.5 Å². The van der Waals surface area contributed by atoms with Gasteiger partial charge in [0, 0.05) is 10.6 Å². The molecule has 0 aliphatic carbocycles. The zero-order chi connectivity index (χ0) is 23.3. The number of carbonyl (C=O) groups is 3. The summed E-state index contributed by atoms with van der Waals surface area (Å²) in [6, 6.07) is 8.61. The van der Waals surface area contributed by atoms with E-state index in [0.29, 0.717) is 22.7 Å². The zero-order valence-electron chi connectivity index (χ0n) is 17.8. The monoisotopic (exact) mass is 475 g/mol. The highest BCUT2D eigenvalue weighted by atomic mass is 35.5. The molecule has 168 valence electrons. The summed E-state index contributed by atoms with van der Waals surface area (Å²) in [7, 11) is 0. The number of nitrogens with one attached hydrogen (secondary N) is 2. The lowest BCUT2D eigenvalue weighted by Crippen LogP contribution is -2.15. The van der Waals surface area contributed by atoms with Gasteiger partial charge in [-0.05, 0) is 44.0 Å². The molecular weight excluding hydrogens is 454 g/mol. The second-order valence-electron chi connectivity index (χ2n) is 6.74. The Balaban J connectivity index is 1.89. The topological polar surface area (TPSA) is 110 Å². The third-order valence-electron chi connectivity index (χ3n) is 4.44. The van der Waals surface area contributed by atoms with Gasteiger partial charge in [-0.2, -0.15) is 5.10 Å². The van der Waals surface area contributed by atoms with Gasteiger partial charge in [-0.1, -0.05) is 30.7 Å². The smallest absolute Gasteiger partial charge is 0.348 e. The summed E-state index contributed by atoms with van der Waals surface area (Å²) in [5.41, 5.74) is 2.06. The summed E-state index contributed by atoms with van der Waals surface area (Å²) in [6.07, 6.45) is 0.642. The number of anilines is 1. The summed E-state index contributed by atoms with van der Waals surface area (Å²) in [6.45, 7) is 5.60. The van der Waals surface area contributed by atoms with Gasteiger partial charge in [0.15, 0.2) is 0 Å². The second kappa shape index (κ2) is 10.4. The first-order chi connectivity index (χ1) is 15.3. The summed E-state index contributed by atoms with van der Waals surface area (Å²) < 4.78 is 10.3. The minimum absolute atomic E-state index is 0.136. The van der Waals surface area contributed by atoms with Crippen molar-refractivity contribution in [3.8, 4) is 11.3 Å². The number of aromatic nitrogens is 2. The number of esters is 2. The highest BCUT2D eigenvalue weighted by molar-refractivity contribution is 7.18. The number of benzene rings is 1. The van der Waals surface area contributed by atoms with E-state index in [4.69, 9.17) is 21.1 Å². The number of carbonyl (C=O) groups excluding carboxylic acids is 3. The maximum Gasteiger partial charge on any atom is 0.348 e. The van der Waals surface area contributed by atoms with E-state index in [2.05, 4.69) is 15.5 Å². The summed E-state index contributed by atoms with van der Waals surface area (Å²) in [5, 5.41) is 10.3. The van der Waals surface area contributed by atoms with Crippen molar-refractivity contribution in [3.63, 3.8) is 0 Å². The van der Waals surface area contributed by atoms with E-state index in [1.165, 1.54) is 0 Å². The van der Waals surface area contributed by atoms with E-state index >= 15 is 0 Å². The van der Waals surface area contributed by atoms with Gasteiger partial charge in [0.1, 0.15) is 15.6 Å². The Labute approximate surface area is 193 Å². The number of thiophene rings is 1. The number of H-pyrrole nitrogens is 1. The van der Waals surface area contributed by atoms with Crippen LogP contribution in [-0.4, -0.2) is 41.3 Å². The number of nitrogens with zero attached hydrogens (tertiary/aromatic N) is 1. The van der Waals surface area contributed by atoms with E-state index in [9.17, 15) is 14.4 Å². The Hall–Kier alpha value is -3.17. The van der Waals surface area contributed by atoms with Gasteiger partial charge in [0.05, 0.1) is 24.5 Å². The van der Waals surface area contributed by atoms with Crippen molar-refractivity contribution >= 4 is 45.8 Å². The van der Waals surface area contributed by atoms with Gasteiger partial charge in [-0.15, -0.1) is 11.3 Å². The molecule has 32 heavy (non-hydrogen) atoms. The van der Waals surface area contributed by atoms with Gasteiger partial charge in [-0.3, -0.25) is 9.89 Å². The lowest BCUT2D eigenvalue weighted by Gasteiger charge is -2.07. The maximum absolute atomic E-state index is 12.9. The van der Waals surface area contributed by atoms with Crippen LogP contribution >= 0.6 is 22.9 Å². The van der Waals surface area contributed by atoms with Crippen LogP contribution in [0.25, 0.3) is 11.3 Å². The fourth-order valence-corrected chi connectivity index (χ4v) is 4.09. The Morgan fingerprint density at radius 3 is 2.50 bits per heavy atom. The lowest BCUT2D eigenvalue weighted by atomic mass is 10.1. The number of amides is 1. The molecule has 8 nitrogen and oxygen atoms in total. The van der Waals surface area contributed by atoms with Crippen molar-refractivity contribution in [2.45, 2.75) is 27.2 Å². The molecule has 0 saturated carbocycles. The van der Waals surface area contributed by atoms with Crippen LogP contribution in [0.15, 0.2) is 30.3 Å². The second-order valence-corrected chi connectivity index (χ2v) is 8.20. The van der Waals surface area contributed by atoms with Crippen molar-refractivity contribution in [1.29, 1.82) is 0 Å². The van der Waals surface area contributed by atoms with Crippen LogP contribution < -0.4 is 5.32 Å². The molecule has 2 N–H and O–H groups in total. The molecule has 0 fully saturated rings. The SMILES string of the molecule is CCCOC(=O)c1c(NC(=O)c2cc(-c3ccc(Cl)cc3)n[nH]2)sc(C(=O)OCC)c1C. The largest absolute Gasteiger partial charge is 0.462 e. The Kier molecular flexibility index (Phi) is 7.66. The predicted octanol–water partition coefficient (Wildman–Crippen LogP) is 5.10. The van der Waals surface area contributed by atoms with Gasteiger partial charge in [0.2, 0.25) is 0 Å². The van der Waals surface area contributed by atoms with Crippen LogP contribution in [0.2, 0.25) is 5.02 Å². The fourth-order valence-electron chi connectivity index (χ4n) is 2.88. The average molecular weight is 476 g/mol. The number of halogens is 1. The van der Waals surface area contributed by atoms with Gasteiger partial charge in [0.25, 0.3) is 5.91 Å². The van der Waals surface area contributed by atoms with Crippen LogP contribution in [0.5, 0.6) is 0 Å². The molecule has 2 heterocycles. The molecule has 0 bridgehead atoms. The first-order valence-electron chi connectivity index (χ1n) is 9.96. The van der Waals surface area contributed by atoms with Crippen LogP contribution in [-0.2, 0) is 9.47 Å². The molecule has 0 saturated heterocycles. The van der Waals surface area contributed by atoms with Gasteiger partial charge >= 0.3 is 11.9 Å². The number of aromatic amines is 1. The molecule has 2 aromatic heterocycles. The van der Waals surface area contributed by atoms with E-state index in [-0.39, 0.29) is 34.3 Å². The first kappa shape index (κ1) is 23.5. The maximum atomic E-state index is 12.9. The zero-order valence-corrected chi connectivity index (χ0v) is 19.4. The Bertz CT molecular complexity index is 1140. The van der Waals surface area contributed by atoms with Crippen LogP contribution in [0.3, 0.4) is 0 Å². The summed E-state index contributed by atoms with van der Waals surface area (Å²) in [4.78, 5) is 38.0. The van der Waals surface area contributed by atoms with Gasteiger partial charge in [-0.25, -0.2) is 9.59 Å². The van der Waals surface area contributed by atoms with E-state index < -0.39 is 17.8 Å². The van der Waals surface area contributed by atoms with E-state index in [1.54, 1.807) is 44.2 Å². The molecule has 1 aromatic carbocycles. The Morgan fingerprint density at radius 1 is 1.12 bits per heavy atom. The quantitative estimate of drug-likeness (QED) is 0.439. The minimum Gasteiger partial charge on any atom is -0.462 e. The summed E-state index contributed by atoms with van der Waals surface area (Å²) in [5.74, 6) is -1.69. The summed E-state index contributed by atoms with van der Waals surface area (Å²) >= 11 is 6.88. The molecule has 3 aromatic rings. The van der Waals surface area contributed by atoms with Crippen molar-refractivity contribution < 1.29 is 23.9 Å². The molecule has 0 atom stereocenters. The molecule has 1 amide bonds. The molecule has 0 unspecified atom stereocenters. The van der Waals surface area contributed by atoms with Crippen LogP contribution in [0, 0.1) is 6.92 Å². The molecule has 10 heteroatoms. The van der Waals surface area contributed by atoms with E-state index in [1.807, 2.05) is 6.92 Å². The molecule has 0 radical (unpaired) electrons. The highest BCUT2D eigenvalue weighted by Crippen LogP contribution is 2.34. The standard InChI is InChI=1S/C22H22ClN3O5S/c1-4-10-31-21(28)17-12(3)18(22(29)30-5-2)32-20(17)24-19(27)16-11-15(25-26-16)13-6-8-14(23)9-7-13/h6-9,11H,4-5,10H2,1-3H3,(H,24,27)(H,25,26). The normalized spacial score (nSPS) is 10.6. The molecule has 3 rings (SSSR count). The van der Waals surface area contributed by atoms with Crippen LogP contribution in [0.4, 0.5) is 5.00 Å². The van der Waals surface area contributed by atoms with Crippen molar-refractivity contribution in [3.05, 3.63) is 57.1 Å². The van der Waals surface area contributed by atoms with Gasteiger partial charge < -0.3 is 14.8 Å². The third-order valence-corrected chi connectivity index (χ3v) is 5.88. The third kappa shape index (κ3) is 5.17. The minimum atomic E-state index is -0.613. The molecular formula is C22H22ClN3O5S. The fraction of sp³-hybridized carbons (Fsp3) is 0.273. The number of rotatable bonds is 8. The number of hydrogen-bond acceptors (Lipinski definition) is 7. The molecule has 0 aliphatic heterocycles. The Morgan fingerprint density at radius 2 is 1.84 bits per heavy atom. The average Bonchev–Trinajstić information content (AvgIpc) is 3.38. The first-order valence-corrected chi connectivity index (χ1v) is 11.1. The van der Waals surface area contributed by atoms with E-state index in [0.717, 1.165) is 16.9 Å². The predicted molar refractivity (Wildman–Crippen MR) is 123 cm³/mol. The number of hydrogen-bond donors (Lipinski definition) is 2. The van der Waals surface area contributed by atoms with Crippen LogP contribution in [0.1, 0.15) is 56.3 Å². The highest BCUT2D eigenvalue weighted by Gasteiger charge is 2.28. The van der Waals surface area contributed by atoms with Crippen molar-refractivity contribution in [1.82, 2.24) is 10.2 Å². The number of ether oxygens (including phenoxy) is 2. The molecule has 0 aliphatic rings. The molecule has 0 spiro atoms.